The molecule has 0 unspecified atom stereocenters. The summed E-state index contributed by atoms with van der Waals surface area (Å²) in [5.74, 6) is -1.73. The van der Waals surface area contributed by atoms with Gasteiger partial charge in [-0.3, -0.25) is 0 Å². The number of carbonyl (C=O) groups is 2. The summed E-state index contributed by atoms with van der Waals surface area (Å²) in [5, 5.41) is 20.3. The van der Waals surface area contributed by atoms with Gasteiger partial charge in [-0.2, -0.15) is 0 Å². The Morgan fingerprint density at radius 2 is 1.31 bits per heavy atom. The monoisotopic (exact) mass is 422 g/mol. The molecule has 0 saturated carbocycles. The van der Waals surface area contributed by atoms with Crippen molar-refractivity contribution < 1.29 is 34.0 Å². The second-order valence-corrected chi connectivity index (χ2v) is 7.01. The van der Waals surface area contributed by atoms with Crippen molar-refractivity contribution in [2.45, 2.75) is 34.6 Å². The SMILES string of the molecule is COC(=O)c1c(C)c(C)c(OC(=O)c2c(C)c(Cl)c(O)c(C)c2O)c(C)c1OC. The Kier molecular flexibility index (Phi) is 6.33. The number of methoxy groups -OCH3 is 2. The summed E-state index contributed by atoms with van der Waals surface area (Å²) in [6.45, 7) is 7.94. The minimum Gasteiger partial charge on any atom is -0.507 e. The highest BCUT2D eigenvalue weighted by Crippen LogP contribution is 2.42. The van der Waals surface area contributed by atoms with Crippen LogP contribution >= 0.6 is 11.6 Å². The largest absolute Gasteiger partial charge is 0.507 e. The molecule has 0 aliphatic heterocycles. The zero-order valence-corrected chi connectivity index (χ0v) is 18.1. The molecule has 2 aromatic carbocycles. The molecule has 2 aromatic rings. The predicted octanol–water partition coefficient (Wildman–Crippen LogP) is 4.31. The molecule has 0 spiro atoms. The summed E-state index contributed by atoms with van der Waals surface area (Å²) < 4.78 is 15.8. The maximum absolute atomic E-state index is 12.9. The van der Waals surface area contributed by atoms with Crippen molar-refractivity contribution in [1.82, 2.24) is 0 Å². The number of carbonyl (C=O) groups excluding carboxylic acids is 2. The zero-order valence-electron chi connectivity index (χ0n) is 17.3. The maximum Gasteiger partial charge on any atom is 0.347 e. The molecule has 0 aliphatic carbocycles. The zero-order chi connectivity index (χ0) is 22.2. The van der Waals surface area contributed by atoms with E-state index in [0.29, 0.717) is 16.7 Å². The fraction of sp³-hybridized carbons (Fsp3) is 0.333. The molecule has 0 fully saturated rings. The molecular weight excluding hydrogens is 400 g/mol. The summed E-state index contributed by atoms with van der Waals surface area (Å²) in [6, 6.07) is 0. The number of esters is 2. The highest BCUT2D eigenvalue weighted by atomic mass is 35.5. The van der Waals surface area contributed by atoms with Crippen molar-refractivity contribution in [2.75, 3.05) is 14.2 Å². The quantitative estimate of drug-likeness (QED) is 0.559. The van der Waals surface area contributed by atoms with Gasteiger partial charge in [-0.05, 0) is 51.3 Å². The van der Waals surface area contributed by atoms with E-state index >= 15 is 0 Å². The molecule has 0 atom stereocenters. The van der Waals surface area contributed by atoms with Gasteiger partial charge in [0.2, 0.25) is 0 Å². The third-order valence-electron chi connectivity index (χ3n) is 5.04. The van der Waals surface area contributed by atoms with Gasteiger partial charge in [0.05, 0.1) is 19.2 Å². The van der Waals surface area contributed by atoms with E-state index in [9.17, 15) is 19.8 Å². The van der Waals surface area contributed by atoms with Crippen LogP contribution in [0.5, 0.6) is 23.0 Å². The molecule has 156 valence electrons. The lowest BCUT2D eigenvalue weighted by molar-refractivity contribution is 0.0596. The van der Waals surface area contributed by atoms with Gasteiger partial charge in [-0.15, -0.1) is 0 Å². The standard InChI is InChI=1S/C21H23ClO7/c1-8-9(2)18(12(5)19(27-6)14(8)20(25)28-7)29-21(26)13-10(3)15(22)17(24)11(4)16(13)23/h23-24H,1-7H3. The molecule has 0 saturated heterocycles. The van der Waals surface area contributed by atoms with Crippen molar-refractivity contribution in [3.05, 3.63) is 44.0 Å². The Hall–Kier alpha value is -2.93. The van der Waals surface area contributed by atoms with Crippen LogP contribution in [0.25, 0.3) is 0 Å². The number of hydrogen-bond donors (Lipinski definition) is 2. The molecule has 2 N–H and O–H groups in total. The van der Waals surface area contributed by atoms with Gasteiger partial charge in [0.15, 0.2) is 0 Å². The van der Waals surface area contributed by atoms with Crippen LogP contribution in [0, 0.1) is 34.6 Å². The van der Waals surface area contributed by atoms with E-state index in [4.69, 9.17) is 25.8 Å². The molecule has 29 heavy (non-hydrogen) atoms. The van der Waals surface area contributed by atoms with E-state index < -0.39 is 17.7 Å². The topological polar surface area (TPSA) is 102 Å². The van der Waals surface area contributed by atoms with Gasteiger partial charge in [-0.1, -0.05) is 11.6 Å². The molecule has 0 aliphatic rings. The minimum absolute atomic E-state index is 0.0458. The number of rotatable bonds is 4. The molecule has 2 rings (SSSR count). The fourth-order valence-electron chi connectivity index (χ4n) is 3.18. The Balaban J connectivity index is 2.67. The first-order valence-corrected chi connectivity index (χ1v) is 9.06. The van der Waals surface area contributed by atoms with Crippen LogP contribution in [0.15, 0.2) is 0 Å². The van der Waals surface area contributed by atoms with Crippen molar-refractivity contribution in [1.29, 1.82) is 0 Å². The number of benzene rings is 2. The average molecular weight is 423 g/mol. The van der Waals surface area contributed by atoms with E-state index in [2.05, 4.69) is 0 Å². The van der Waals surface area contributed by atoms with Crippen molar-refractivity contribution in [3.8, 4) is 23.0 Å². The molecule has 0 heterocycles. The van der Waals surface area contributed by atoms with E-state index in [1.54, 1.807) is 20.8 Å². The number of phenolic OH excluding ortho intramolecular Hbond substituents is 2. The van der Waals surface area contributed by atoms with Gasteiger partial charge < -0.3 is 24.4 Å². The first-order valence-electron chi connectivity index (χ1n) is 8.68. The van der Waals surface area contributed by atoms with E-state index in [1.807, 2.05) is 0 Å². The Morgan fingerprint density at radius 3 is 1.83 bits per heavy atom. The molecule has 0 radical (unpaired) electrons. The summed E-state index contributed by atoms with van der Waals surface area (Å²) in [4.78, 5) is 25.1. The Morgan fingerprint density at radius 1 is 0.724 bits per heavy atom. The summed E-state index contributed by atoms with van der Waals surface area (Å²) in [6.07, 6.45) is 0. The van der Waals surface area contributed by atoms with Gasteiger partial charge in [0.1, 0.15) is 34.1 Å². The predicted molar refractivity (Wildman–Crippen MR) is 108 cm³/mol. The van der Waals surface area contributed by atoms with Crippen LogP contribution in [-0.2, 0) is 4.74 Å². The third-order valence-corrected chi connectivity index (χ3v) is 5.50. The second kappa shape index (κ2) is 8.21. The van der Waals surface area contributed by atoms with Crippen molar-refractivity contribution in [3.63, 3.8) is 0 Å². The number of halogens is 1. The van der Waals surface area contributed by atoms with Crippen molar-refractivity contribution >= 4 is 23.5 Å². The van der Waals surface area contributed by atoms with Gasteiger partial charge >= 0.3 is 11.9 Å². The van der Waals surface area contributed by atoms with Crippen molar-refractivity contribution in [2.24, 2.45) is 0 Å². The lowest BCUT2D eigenvalue weighted by Gasteiger charge is -2.20. The number of hydrogen-bond acceptors (Lipinski definition) is 7. The third kappa shape index (κ3) is 3.58. The summed E-state index contributed by atoms with van der Waals surface area (Å²) >= 11 is 6.07. The highest BCUT2D eigenvalue weighted by Gasteiger charge is 2.28. The first kappa shape index (κ1) is 22.4. The van der Waals surface area contributed by atoms with Gasteiger partial charge in [-0.25, -0.2) is 9.59 Å². The molecule has 0 bridgehead atoms. The summed E-state index contributed by atoms with van der Waals surface area (Å²) in [7, 11) is 2.66. The van der Waals surface area contributed by atoms with Gasteiger partial charge in [0.25, 0.3) is 0 Å². The summed E-state index contributed by atoms with van der Waals surface area (Å²) in [5.41, 5.74) is 1.82. The first-order chi connectivity index (χ1) is 13.5. The van der Waals surface area contributed by atoms with E-state index in [0.717, 1.165) is 0 Å². The molecule has 7 nitrogen and oxygen atoms in total. The fourth-order valence-corrected chi connectivity index (χ4v) is 3.42. The van der Waals surface area contributed by atoms with Crippen LogP contribution in [0.2, 0.25) is 5.02 Å². The minimum atomic E-state index is -0.858. The maximum atomic E-state index is 12.9. The lowest BCUT2D eigenvalue weighted by atomic mass is 9.96. The van der Waals surface area contributed by atoms with Crippen LogP contribution in [0.4, 0.5) is 0 Å². The van der Waals surface area contributed by atoms with Crippen LogP contribution < -0.4 is 9.47 Å². The highest BCUT2D eigenvalue weighted by molar-refractivity contribution is 6.33. The normalized spacial score (nSPS) is 10.6. The lowest BCUT2D eigenvalue weighted by Crippen LogP contribution is -2.16. The Labute approximate surface area is 173 Å². The molecule has 0 aromatic heterocycles. The number of ether oxygens (including phenoxy) is 3. The Bertz CT molecular complexity index is 996. The van der Waals surface area contributed by atoms with Crippen LogP contribution in [-0.4, -0.2) is 36.4 Å². The average Bonchev–Trinajstić information content (AvgIpc) is 2.70. The molecule has 0 amide bonds. The molecular formula is C21H23ClO7. The van der Waals surface area contributed by atoms with Crippen LogP contribution in [0.3, 0.4) is 0 Å². The number of aromatic hydroxyl groups is 2. The van der Waals surface area contributed by atoms with E-state index in [1.165, 1.54) is 28.1 Å². The number of phenols is 2. The molecule has 8 heteroatoms. The van der Waals surface area contributed by atoms with Gasteiger partial charge in [0, 0.05) is 11.1 Å². The smallest absolute Gasteiger partial charge is 0.347 e. The van der Waals surface area contributed by atoms with Crippen LogP contribution in [0.1, 0.15) is 48.5 Å². The second-order valence-electron chi connectivity index (χ2n) is 6.63. The van der Waals surface area contributed by atoms with E-state index in [-0.39, 0.29) is 44.5 Å².